The molecule has 2 aliphatic rings. The second kappa shape index (κ2) is 2.70. The fourth-order valence-corrected chi connectivity index (χ4v) is 1.81. The fourth-order valence-electron chi connectivity index (χ4n) is 1.81. The van der Waals surface area contributed by atoms with Gasteiger partial charge < -0.3 is 0 Å². The number of likely N-dealkylation sites (tertiary alicyclic amines) is 1. The molecule has 0 aromatic heterocycles. The van der Waals surface area contributed by atoms with Crippen LogP contribution in [0.5, 0.6) is 0 Å². The molecule has 1 radical (unpaired) electrons. The SMILES string of the molecule is C1=[N+]C(N2CCCC2)CC1. The lowest BCUT2D eigenvalue weighted by atomic mass is 10.3. The van der Waals surface area contributed by atoms with Crippen molar-refractivity contribution in [3.8, 4) is 0 Å². The molecule has 2 heteroatoms. The molecule has 0 spiro atoms. The minimum Gasteiger partial charge on any atom is -0.240 e. The van der Waals surface area contributed by atoms with E-state index < -0.39 is 0 Å². The van der Waals surface area contributed by atoms with Gasteiger partial charge in [-0.2, -0.15) is 0 Å². The summed E-state index contributed by atoms with van der Waals surface area (Å²) in [5.74, 6) is 0. The van der Waals surface area contributed by atoms with Gasteiger partial charge in [-0.25, -0.2) is 4.90 Å². The highest BCUT2D eigenvalue weighted by atomic mass is 15.3. The molecule has 0 saturated carbocycles. The summed E-state index contributed by atoms with van der Waals surface area (Å²) in [5.41, 5.74) is 0. The van der Waals surface area contributed by atoms with Gasteiger partial charge in [0.2, 0.25) is 6.21 Å². The van der Waals surface area contributed by atoms with Crippen molar-refractivity contribution < 1.29 is 0 Å². The largest absolute Gasteiger partial charge is 0.275 e. The van der Waals surface area contributed by atoms with E-state index >= 15 is 0 Å². The van der Waals surface area contributed by atoms with Gasteiger partial charge in [-0.15, -0.1) is 0 Å². The summed E-state index contributed by atoms with van der Waals surface area (Å²) < 4.78 is 0. The lowest BCUT2D eigenvalue weighted by Gasteiger charge is -2.11. The Hall–Kier alpha value is -0.370. The van der Waals surface area contributed by atoms with Crippen molar-refractivity contribution in [2.45, 2.75) is 31.8 Å². The number of hydrogen-bond acceptors (Lipinski definition) is 2. The number of rotatable bonds is 1. The molecule has 1 unspecified atom stereocenters. The first kappa shape index (κ1) is 6.35. The van der Waals surface area contributed by atoms with Gasteiger partial charge in [-0.1, -0.05) is 0 Å². The van der Waals surface area contributed by atoms with Crippen LogP contribution < -0.4 is 4.99 Å². The highest BCUT2D eigenvalue weighted by Crippen LogP contribution is 2.14. The molecule has 1 atom stereocenters. The highest BCUT2D eigenvalue weighted by Gasteiger charge is 2.31. The number of nitrogens with zero attached hydrogens (tertiary/aromatic N) is 2. The van der Waals surface area contributed by atoms with E-state index in [2.05, 4.69) is 16.1 Å². The van der Waals surface area contributed by atoms with E-state index in [9.17, 15) is 0 Å². The van der Waals surface area contributed by atoms with E-state index in [-0.39, 0.29) is 0 Å². The first-order valence-electron chi connectivity index (χ1n) is 4.22. The van der Waals surface area contributed by atoms with Crippen LogP contribution in [0.3, 0.4) is 0 Å². The van der Waals surface area contributed by atoms with Crippen molar-refractivity contribution in [3.05, 3.63) is 0 Å². The molecular weight excluding hydrogens is 124 g/mol. The Morgan fingerprint density at radius 1 is 1.30 bits per heavy atom. The third-order valence-electron chi connectivity index (χ3n) is 2.39. The van der Waals surface area contributed by atoms with Crippen LogP contribution >= 0.6 is 0 Å². The maximum atomic E-state index is 4.42. The predicted molar refractivity (Wildman–Crippen MR) is 42.0 cm³/mol. The molecule has 2 rings (SSSR count). The quantitative estimate of drug-likeness (QED) is 0.519. The van der Waals surface area contributed by atoms with Crippen molar-refractivity contribution in [1.82, 2.24) is 9.89 Å². The summed E-state index contributed by atoms with van der Waals surface area (Å²) in [6.45, 7) is 2.56. The van der Waals surface area contributed by atoms with Gasteiger partial charge in [0.05, 0.1) is 0 Å². The maximum Gasteiger partial charge on any atom is 0.275 e. The van der Waals surface area contributed by atoms with Crippen LogP contribution in [0.2, 0.25) is 0 Å². The third kappa shape index (κ3) is 1.08. The monoisotopic (exact) mass is 138 g/mol. The highest BCUT2D eigenvalue weighted by molar-refractivity contribution is 5.58. The standard InChI is InChI=1S/C8H14N2/c1-2-7-10(6-1)8-4-3-5-9-8/h5,8H,1-4,6-7H2/q+1. The Labute approximate surface area is 61.9 Å². The Morgan fingerprint density at radius 3 is 2.70 bits per heavy atom. The van der Waals surface area contributed by atoms with Crippen LogP contribution in [-0.4, -0.2) is 30.4 Å². The zero-order valence-corrected chi connectivity index (χ0v) is 6.29. The van der Waals surface area contributed by atoms with E-state index in [1.165, 1.54) is 38.8 Å². The molecular formula is C8H14N2+. The number of aliphatic imine (C=N–C) groups is 1. The summed E-state index contributed by atoms with van der Waals surface area (Å²) in [4.78, 5) is 6.92. The Bertz CT molecular complexity index is 136. The molecule has 1 fully saturated rings. The van der Waals surface area contributed by atoms with Crippen LogP contribution in [0.15, 0.2) is 0 Å². The Kier molecular flexibility index (Phi) is 1.72. The van der Waals surface area contributed by atoms with E-state index in [1.54, 1.807) is 0 Å². The Balaban J connectivity index is 1.91. The van der Waals surface area contributed by atoms with E-state index in [1.807, 2.05) is 0 Å². The molecule has 55 valence electrons. The summed E-state index contributed by atoms with van der Waals surface area (Å²) in [6, 6.07) is 0. The summed E-state index contributed by atoms with van der Waals surface area (Å²) in [6.07, 6.45) is 7.85. The molecule has 0 amide bonds. The molecule has 2 nitrogen and oxygen atoms in total. The van der Waals surface area contributed by atoms with E-state index in [4.69, 9.17) is 0 Å². The van der Waals surface area contributed by atoms with Gasteiger partial charge in [-0.05, 0) is 12.8 Å². The first-order chi connectivity index (χ1) is 4.97. The lowest BCUT2D eigenvalue weighted by Crippen LogP contribution is -2.33. The fraction of sp³-hybridized carbons (Fsp3) is 0.875. The van der Waals surface area contributed by atoms with Crippen molar-refractivity contribution in [2.75, 3.05) is 13.1 Å². The molecule has 0 N–H and O–H groups in total. The first-order valence-corrected chi connectivity index (χ1v) is 4.22. The molecule has 0 aliphatic carbocycles. The molecule has 0 aromatic carbocycles. The zero-order chi connectivity index (χ0) is 6.81. The van der Waals surface area contributed by atoms with Gasteiger partial charge in [0.25, 0.3) is 6.17 Å². The van der Waals surface area contributed by atoms with Crippen LogP contribution in [0.1, 0.15) is 25.7 Å². The molecule has 1 saturated heterocycles. The summed E-state index contributed by atoms with van der Waals surface area (Å²) in [7, 11) is 0. The normalized spacial score (nSPS) is 33.8. The second-order valence-corrected chi connectivity index (χ2v) is 3.13. The van der Waals surface area contributed by atoms with Crippen molar-refractivity contribution in [1.29, 1.82) is 0 Å². The van der Waals surface area contributed by atoms with Crippen LogP contribution in [0, 0.1) is 0 Å². The zero-order valence-electron chi connectivity index (χ0n) is 6.29. The minimum atomic E-state index is 0.558. The average Bonchev–Trinajstić information content (AvgIpc) is 2.59. The van der Waals surface area contributed by atoms with Gasteiger partial charge in [0.15, 0.2) is 0 Å². The van der Waals surface area contributed by atoms with Crippen LogP contribution in [-0.2, 0) is 0 Å². The van der Waals surface area contributed by atoms with E-state index in [0.717, 1.165) is 0 Å². The van der Waals surface area contributed by atoms with Gasteiger partial charge in [0.1, 0.15) is 0 Å². The Morgan fingerprint density at radius 2 is 2.10 bits per heavy atom. The van der Waals surface area contributed by atoms with E-state index in [0.29, 0.717) is 6.17 Å². The lowest BCUT2D eigenvalue weighted by molar-refractivity contribution is 0.234. The molecule has 2 heterocycles. The smallest absolute Gasteiger partial charge is 0.240 e. The molecule has 0 aromatic rings. The third-order valence-corrected chi connectivity index (χ3v) is 2.39. The average molecular weight is 138 g/mol. The predicted octanol–water partition coefficient (Wildman–Crippen LogP) is 0.609. The van der Waals surface area contributed by atoms with Gasteiger partial charge >= 0.3 is 0 Å². The van der Waals surface area contributed by atoms with Crippen molar-refractivity contribution in [2.24, 2.45) is 0 Å². The van der Waals surface area contributed by atoms with Gasteiger partial charge in [-0.3, -0.25) is 0 Å². The molecule has 2 aliphatic heterocycles. The molecule has 10 heavy (non-hydrogen) atoms. The maximum absolute atomic E-state index is 4.42. The van der Waals surface area contributed by atoms with Gasteiger partial charge in [0, 0.05) is 30.9 Å². The topological polar surface area (TPSA) is 17.3 Å². The van der Waals surface area contributed by atoms with Crippen molar-refractivity contribution >= 4 is 6.21 Å². The number of hydrogen-bond donors (Lipinski definition) is 0. The van der Waals surface area contributed by atoms with Crippen LogP contribution in [0.25, 0.3) is 0 Å². The summed E-state index contributed by atoms with van der Waals surface area (Å²) in [5, 5.41) is 0. The summed E-state index contributed by atoms with van der Waals surface area (Å²) >= 11 is 0. The van der Waals surface area contributed by atoms with Crippen molar-refractivity contribution in [3.63, 3.8) is 0 Å². The molecule has 0 bridgehead atoms. The second-order valence-electron chi connectivity index (χ2n) is 3.13. The minimum absolute atomic E-state index is 0.558. The van der Waals surface area contributed by atoms with Crippen LogP contribution in [0.4, 0.5) is 0 Å².